The summed E-state index contributed by atoms with van der Waals surface area (Å²) in [5, 5.41) is 2.74. The summed E-state index contributed by atoms with van der Waals surface area (Å²) in [6.07, 6.45) is 0.112. The van der Waals surface area contributed by atoms with Crippen molar-refractivity contribution in [2.45, 2.75) is 32.4 Å². The number of carbonyl (C=O) groups excluding carboxylic acids is 1. The van der Waals surface area contributed by atoms with Crippen molar-refractivity contribution in [1.82, 2.24) is 20.2 Å². The molecule has 186 valence electrons. The van der Waals surface area contributed by atoms with Crippen LogP contribution in [0.3, 0.4) is 0 Å². The molecule has 4 aromatic rings. The highest BCUT2D eigenvalue weighted by Gasteiger charge is 2.30. The number of pyridine rings is 1. The lowest BCUT2D eigenvalue weighted by atomic mass is 10.1. The smallest absolute Gasteiger partial charge is 0.416 e. The molecule has 0 saturated carbocycles. The Hall–Kier alpha value is -4.05. The Morgan fingerprint density at radius 1 is 0.917 bits per heavy atom. The van der Waals surface area contributed by atoms with Crippen molar-refractivity contribution < 1.29 is 26.8 Å². The molecule has 0 fully saturated rings. The molecular formula is C26H22F4N4O2. The Morgan fingerprint density at radius 2 is 1.58 bits per heavy atom. The summed E-state index contributed by atoms with van der Waals surface area (Å²) in [5.41, 5.74) is 1.64. The molecule has 0 bridgehead atoms. The maximum absolute atomic E-state index is 13.3. The van der Waals surface area contributed by atoms with Crippen LogP contribution in [-0.4, -0.2) is 20.8 Å². The van der Waals surface area contributed by atoms with Gasteiger partial charge in [0, 0.05) is 32.0 Å². The van der Waals surface area contributed by atoms with E-state index in [9.17, 15) is 22.4 Å². The quantitative estimate of drug-likeness (QED) is 0.315. The summed E-state index contributed by atoms with van der Waals surface area (Å²) in [4.78, 5) is 22.6. The number of benzene rings is 2. The van der Waals surface area contributed by atoms with Crippen LogP contribution in [0.1, 0.15) is 38.6 Å². The molecule has 0 atom stereocenters. The molecule has 0 aliphatic carbocycles. The number of nitrogens with one attached hydrogen (secondary N) is 1. The zero-order chi connectivity index (χ0) is 25.5. The first-order chi connectivity index (χ1) is 17.3. The highest BCUT2D eigenvalue weighted by Crippen LogP contribution is 2.29. The van der Waals surface area contributed by atoms with E-state index in [4.69, 9.17) is 4.42 Å². The van der Waals surface area contributed by atoms with Gasteiger partial charge in [-0.1, -0.05) is 30.3 Å². The van der Waals surface area contributed by atoms with Crippen LogP contribution in [0, 0.1) is 5.82 Å². The molecule has 1 amide bonds. The minimum Gasteiger partial charge on any atom is -0.447 e. The number of hydrogen-bond acceptors (Lipinski definition) is 5. The minimum atomic E-state index is -4.42. The van der Waals surface area contributed by atoms with Crippen molar-refractivity contribution in [2.75, 3.05) is 0 Å². The highest BCUT2D eigenvalue weighted by molar-refractivity contribution is 5.91. The van der Waals surface area contributed by atoms with Gasteiger partial charge in [-0.15, -0.1) is 0 Å². The fourth-order valence-corrected chi connectivity index (χ4v) is 3.53. The van der Waals surface area contributed by atoms with Crippen molar-refractivity contribution in [2.24, 2.45) is 0 Å². The highest BCUT2D eigenvalue weighted by atomic mass is 19.4. The molecule has 2 aromatic heterocycles. The van der Waals surface area contributed by atoms with Crippen molar-refractivity contribution in [3.05, 3.63) is 119 Å². The summed E-state index contributed by atoms with van der Waals surface area (Å²) in [6.45, 7) is 1.08. The van der Waals surface area contributed by atoms with E-state index in [1.807, 2.05) is 11.0 Å². The van der Waals surface area contributed by atoms with Crippen LogP contribution in [0.4, 0.5) is 17.6 Å². The maximum atomic E-state index is 13.3. The SMILES string of the molecule is O=C(NCc1cccnc1)c1coc(CN(Cc2ccc(F)cc2)Cc2ccc(C(F)(F)F)cc2)n1. The van der Waals surface area contributed by atoms with E-state index < -0.39 is 17.6 Å². The molecule has 1 N–H and O–H groups in total. The predicted molar refractivity (Wildman–Crippen MR) is 123 cm³/mol. The number of nitrogens with zero attached hydrogens (tertiary/aromatic N) is 3. The monoisotopic (exact) mass is 498 g/mol. The van der Waals surface area contributed by atoms with Gasteiger partial charge in [-0.05, 0) is 47.0 Å². The largest absolute Gasteiger partial charge is 0.447 e. The Labute approximate surface area is 204 Å². The van der Waals surface area contributed by atoms with Gasteiger partial charge < -0.3 is 9.73 Å². The van der Waals surface area contributed by atoms with Gasteiger partial charge in [0.05, 0.1) is 12.1 Å². The van der Waals surface area contributed by atoms with Gasteiger partial charge in [-0.3, -0.25) is 14.7 Å². The van der Waals surface area contributed by atoms with E-state index in [-0.39, 0.29) is 37.0 Å². The molecule has 0 saturated heterocycles. The minimum absolute atomic E-state index is 0.102. The summed E-state index contributed by atoms with van der Waals surface area (Å²) in [7, 11) is 0. The number of hydrogen-bond donors (Lipinski definition) is 1. The fourth-order valence-electron chi connectivity index (χ4n) is 3.53. The van der Waals surface area contributed by atoms with Gasteiger partial charge in [-0.25, -0.2) is 9.37 Å². The average Bonchev–Trinajstić information content (AvgIpc) is 3.33. The van der Waals surface area contributed by atoms with Crippen LogP contribution in [0.2, 0.25) is 0 Å². The van der Waals surface area contributed by atoms with Crippen molar-refractivity contribution >= 4 is 5.91 Å². The van der Waals surface area contributed by atoms with Gasteiger partial charge in [-0.2, -0.15) is 13.2 Å². The molecule has 36 heavy (non-hydrogen) atoms. The number of alkyl halides is 3. The summed E-state index contributed by atoms with van der Waals surface area (Å²) in [5.74, 6) is -0.528. The number of amides is 1. The Kier molecular flexibility index (Phi) is 7.74. The van der Waals surface area contributed by atoms with Gasteiger partial charge in [0.25, 0.3) is 5.91 Å². The Balaban J connectivity index is 1.45. The van der Waals surface area contributed by atoms with Crippen LogP contribution >= 0.6 is 0 Å². The predicted octanol–water partition coefficient (Wildman–Crippen LogP) is 5.36. The maximum Gasteiger partial charge on any atom is 0.416 e. The van der Waals surface area contributed by atoms with Gasteiger partial charge in [0.1, 0.15) is 12.1 Å². The van der Waals surface area contributed by atoms with Crippen LogP contribution in [-0.2, 0) is 32.4 Å². The van der Waals surface area contributed by atoms with E-state index in [1.54, 1.807) is 30.6 Å². The summed E-state index contributed by atoms with van der Waals surface area (Å²) in [6, 6.07) is 14.4. The molecule has 0 unspecified atom stereocenters. The second-order valence-electron chi connectivity index (χ2n) is 8.14. The first-order valence-electron chi connectivity index (χ1n) is 11.0. The van der Waals surface area contributed by atoms with Crippen molar-refractivity contribution in [1.29, 1.82) is 0 Å². The van der Waals surface area contributed by atoms with E-state index in [0.29, 0.717) is 12.1 Å². The lowest BCUT2D eigenvalue weighted by molar-refractivity contribution is -0.137. The van der Waals surface area contributed by atoms with E-state index in [2.05, 4.69) is 15.3 Å². The van der Waals surface area contributed by atoms with Crippen LogP contribution < -0.4 is 5.32 Å². The molecule has 4 rings (SSSR count). The van der Waals surface area contributed by atoms with Gasteiger partial charge in [0.2, 0.25) is 5.89 Å². The topological polar surface area (TPSA) is 71.3 Å². The zero-order valence-electron chi connectivity index (χ0n) is 19.0. The summed E-state index contributed by atoms with van der Waals surface area (Å²) >= 11 is 0. The van der Waals surface area contributed by atoms with Gasteiger partial charge in [0.15, 0.2) is 5.69 Å². The Morgan fingerprint density at radius 3 is 2.19 bits per heavy atom. The van der Waals surface area contributed by atoms with E-state index in [0.717, 1.165) is 23.3 Å². The van der Waals surface area contributed by atoms with E-state index in [1.165, 1.54) is 30.5 Å². The third-order valence-corrected chi connectivity index (χ3v) is 5.33. The molecule has 0 aliphatic rings. The lowest BCUT2D eigenvalue weighted by Crippen LogP contribution is -2.24. The molecule has 0 radical (unpaired) electrons. The molecular weight excluding hydrogens is 476 g/mol. The molecule has 6 nitrogen and oxygen atoms in total. The third-order valence-electron chi connectivity index (χ3n) is 5.33. The Bertz CT molecular complexity index is 1270. The van der Waals surface area contributed by atoms with Crippen molar-refractivity contribution in [3.63, 3.8) is 0 Å². The lowest BCUT2D eigenvalue weighted by Gasteiger charge is -2.21. The average molecular weight is 498 g/mol. The molecule has 0 aliphatic heterocycles. The number of halogens is 4. The van der Waals surface area contributed by atoms with Gasteiger partial charge >= 0.3 is 6.18 Å². The molecule has 10 heteroatoms. The number of carbonyl (C=O) groups is 1. The first kappa shape index (κ1) is 25.1. The fraction of sp³-hybridized carbons (Fsp3) is 0.192. The molecule has 2 aromatic carbocycles. The number of aromatic nitrogens is 2. The second-order valence-corrected chi connectivity index (χ2v) is 8.14. The number of oxazole rings is 1. The first-order valence-corrected chi connectivity index (χ1v) is 11.0. The molecule has 0 spiro atoms. The standard InChI is InChI=1S/C26H22F4N4O2/c27-22-9-5-19(6-10-22)15-34(14-18-3-7-21(8-4-18)26(28,29)30)16-24-33-23(17-36-24)25(35)32-13-20-2-1-11-31-12-20/h1-12,17H,13-16H2,(H,32,35). The van der Waals surface area contributed by atoms with Crippen LogP contribution in [0.25, 0.3) is 0 Å². The van der Waals surface area contributed by atoms with Crippen LogP contribution in [0.5, 0.6) is 0 Å². The number of rotatable bonds is 9. The van der Waals surface area contributed by atoms with E-state index >= 15 is 0 Å². The van der Waals surface area contributed by atoms with Crippen LogP contribution in [0.15, 0.2) is 83.7 Å². The third kappa shape index (κ3) is 6.98. The summed E-state index contributed by atoms with van der Waals surface area (Å²) < 4.78 is 57.6. The van der Waals surface area contributed by atoms with Crippen molar-refractivity contribution in [3.8, 4) is 0 Å². The normalized spacial score (nSPS) is 11.6. The zero-order valence-corrected chi connectivity index (χ0v) is 19.0. The second kappa shape index (κ2) is 11.1. The molecule has 2 heterocycles.